The summed E-state index contributed by atoms with van der Waals surface area (Å²) in [6, 6.07) is 72.0. The molecule has 0 spiro atoms. The first-order chi connectivity index (χ1) is 27.7. The molecule has 1 heterocycles. The maximum Gasteiger partial charge on any atom is 0.143 e. The molecule has 0 saturated carbocycles. The lowest BCUT2D eigenvalue weighted by atomic mass is 9.83. The van der Waals surface area contributed by atoms with E-state index in [1.54, 1.807) is 0 Å². The molecule has 55 heavy (non-hydrogen) atoms. The topological polar surface area (TPSA) is 13.1 Å². The summed E-state index contributed by atoms with van der Waals surface area (Å²) in [7, 11) is 0. The number of rotatable bonds is 5. The van der Waals surface area contributed by atoms with E-state index in [1.165, 1.54) is 60.5 Å². The van der Waals surface area contributed by atoms with Gasteiger partial charge in [0.05, 0.1) is 1.37 Å². The normalized spacial score (nSPS) is 11.9. The molecule has 0 N–H and O–H groups in total. The summed E-state index contributed by atoms with van der Waals surface area (Å²) < 4.78 is 14.6. The highest BCUT2D eigenvalue weighted by Crippen LogP contribution is 2.47. The van der Waals surface area contributed by atoms with Crippen LogP contribution in [0.25, 0.3) is 110 Å². The van der Waals surface area contributed by atoms with E-state index < -0.39 is 0 Å². The minimum atomic E-state index is 0.533. The van der Waals surface area contributed by atoms with Crippen LogP contribution in [0.1, 0.15) is 1.37 Å². The van der Waals surface area contributed by atoms with Gasteiger partial charge >= 0.3 is 0 Å². The van der Waals surface area contributed by atoms with Crippen LogP contribution in [0.15, 0.2) is 211 Å². The molecule has 1 heteroatoms. The fourth-order valence-electron chi connectivity index (χ4n) is 8.63. The van der Waals surface area contributed by atoms with E-state index in [0.717, 1.165) is 49.4 Å². The first-order valence-electron chi connectivity index (χ1n) is 19.3. The molecule has 11 aromatic rings. The molecule has 0 unspecified atom stereocenters. The SMILES string of the molecule is [2H]c1ccc2cc(-c3ccc(-c4c5ccccc5c(-c5ccccc5-c5ccc6oc7c(-c8ccccc8)cccc7c6c5)c5ccccc45)cc3)ccc2c1. The standard InChI is InChI=1S/C54H34O/c1-2-14-37(15-3-1)43-23-12-24-49-50-34-41(31-32-51(50)55-54(43)49)42-17-6-7-18-44(42)53-47-21-10-8-19-45(47)52(46-20-9-11-22-48(46)53)38-28-25-36(26-29-38)40-30-27-35-13-4-5-16-39(35)33-40/h1-34H/i4D. The van der Waals surface area contributed by atoms with Gasteiger partial charge in [0.2, 0.25) is 0 Å². The van der Waals surface area contributed by atoms with Gasteiger partial charge in [0.25, 0.3) is 0 Å². The molecule has 0 aliphatic rings. The van der Waals surface area contributed by atoms with Crippen molar-refractivity contribution >= 4 is 54.3 Å². The van der Waals surface area contributed by atoms with Crippen LogP contribution >= 0.6 is 0 Å². The second-order valence-corrected chi connectivity index (χ2v) is 14.3. The highest BCUT2D eigenvalue weighted by Gasteiger charge is 2.20. The highest BCUT2D eigenvalue weighted by molar-refractivity contribution is 6.22. The predicted octanol–water partition coefficient (Wildman–Crippen LogP) is 15.4. The molecule has 0 aliphatic heterocycles. The van der Waals surface area contributed by atoms with Crippen LogP contribution in [0.2, 0.25) is 0 Å². The van der Waals surface area contributed by atoms with Crippen molar-refractivity contribution in [3.8, 4) is 55.6 Å². The van der Waals surface area contributed by atoms with Gasteiger partial charge in [0, 0.05) is 16.3 Å². The first-order valence-corrected chi connectivity index (χ1v) is 18.8. The average Bonchev–Trinajstić information content (AvgIpc) is 3.64. The Hall–Kier alpha value is -7.22. The molecule has 0 bridgehead atoms. The molecule has 0 radical (unpaired) electrons. The van der Waals surface area contributed by atoms with E-state index in [0.29, 0.717) is 6.04 Å². The fraction of sp³-hybridized carbons (Fsp3) is 0. The predicted molar refractivity (Wildman–Crippen MR) is 233 cm³/mol. The van der Waals surface area contributed by atoms with Gasteiger partial charge in [-0.05, 0) is 101 Å². The minimum Gasteiger partial charge on any atom is -0.455 e. The molecule has 10 aromatic carbocycles. The first kappa shape index (κ1) is 30.3. The second kappa shape index (κ2) is 12.7. The summed E-state index contributed by atoms with van der Waals surface area (Å²) in [5.41, 5.74) is 13.6. The van der Waals surface area contributed by atoms with Gasteiger partial charge in [-0.1, -0.05) is 188 Å². The van der Waals surface area contributed by atoms with Gasteiger partial charge in [-0.3, -0.25) is 0 Å². The Balaban J connectivity index is 1.07. The second-order valence-electron chi connectivity index (χ2n) is 14.3. The molecular weight excluding hydrogens is 665 g/mol. The summed E-state index contributed by atoms with van der Waals surface area (Å²) in [5, 5.41) is 9.37. The smallest absolute Gasteiger partial charge is 0.143 e. The summed E-state index contributed by atoms with van der Waals surface area (Å²) in [4.78, 5) is 0. The molecule has 1 aromatic heterocycles. The maximum atomic E-state index is 8.00. The number of fused-ring (bicyclic) bond motifs is 6. The quantitative estimate of drug-likeness (QED) is 0.163. The Labute approximate surface area is 320 Å². The molecular formula is C54H34O. The van der Waals surface area contributed by atoms with Crippen molar-refractivity contribution in [3.05, 3.63) is 206 Å². The third-order valence-corrected chi connectivity index (χ3v) is 11.2. The van der Waals surface area contributed by atoms with E-state index in [9.17, 15) is 0 Å². The van der Waals surface area contributed by atoms with Crippen LogP contribution in [-0.4, -0.2) is 0 Å². The van der Waals surface area contributed by atoms with Crippen molar-refractivity contribution in [3.63, 3.8) is 0 Å². The number of hydrogen-bond acceptors (Lipinski definition) is 1. The van der Waals surface area contributed by atoms with Gasteiger partial charge in [-0.25, -0.2) is 0 Å². The lowest BCUT2D eigenvalue weighted by Crippen LogP contribution is -1.92. The lowest BCUT2D eigenvalue weighted by molar-refractivity contribution is 0.670. The van der Waals surface area contributed by atoms with E-state index in [4.69, 9.17) is 5.79 Å². The third kappa shape index (κ3) is 5.16. The van der Waals surface area contributed by atoms with Crippen molar-refractivity contribution in [1.29, 1.82) is 0 Å². The summed E-state index contributed by atoms with van der Waals surface area (Å²) in [5.74, 6) is 0. The van der Waals surface area contributed by atoms with Crippen LogP contribution in [0.5, 0.6) is 0 Å². The van der Waals surface area contributed by atoms with Crippen molar-refractivity contribution in [1.82, 2.24) is 0 Å². The molecule has 1 nitrogen and oxygen atoms in total. The minimum absolute atomic E-state index is 0.533. The van der Waals surface area contributed by atoms with Crippen LogP contribution < -0.4 is 0 Å². The Bertz CT molecular complexity index is 3240. The highest BCUT2D eigenvalue weighted by atomic mass is 16.3. The average molecular weight is 700 g/mol. The Kier molecular flexibility index (Phi) is 7.00. The van der Waals surface area contributed by atoms with Crippen molar-refractivity contribution in [2.24, 2.45) is 0 Å². The van der Waals surface area contributed by atoms with E-state index >= 15 is 0 Å². The molecule has 0 aliphatic carbocycles. The zero-order chi connectivity index (χ0) is 37.2. The largest absolute Gasteiger partial charge is 0.455 e. The fourth-order valence-corrected chi connectivity index (χ4v) is 8.63. The summed E-state index contributed by atoms with van der Waals surface area (Å²) >= 11 is 0. The summed E-state index contributed by atoms with van der Waals surface area (Å²) in [6.07, 6.45) is 0. The molecule has 0 atom stereocenters. The van der Waals surface area contributed by atoms with Gasteiger partial charge in [0.15, 0.2) is 0 Å². The lowest BCUT2D eigenvalue weighted by Gasteiger charge is -2.20. The van der Waals surface area contributed by atoms with Crippen LogP contribution in [-0.2, 0) is 0 Å². The third-order valence-electron chi connectivity index (χ3n) is 11.2. The number of para-hydroxylation sites is 1. The molecule has 0 saturated heterocycles. The number of furan rings is 1. The maximum absolute atomic E-state index is 8.00. The molecule has 0 fully saturated rings. The van der Waals surface area contributed by atoms with Crippen molar-refractivity contribution < 1.29 is 5.79 Å². The summed E-state index contributed by atoms with van der Waals surface area (Å²) in [6.45, 7) is 0. The molecule has 11 rings (SSSR count). The Morgan fingerprint density at radius 1 is 0.309 bits per heavy atom. The van der Waals surface area contributed by atoms with Gasteiger partial charge in [0.1, 0.15) is 11.2 Å². The number of hydrogen-bond donors (Lipinski definition) is 0. The van der Waals surface area contributed by atoms with E-state index in [2.05, 4.69) is 176 Å². The molecule has 256 valence electrons. The van der Waals surface area contributed by atoms with Crippen LogP contribution in [0.4, 0.5) is 0 Å². The van der Waals surface area contributed by atoms with Crippen LogP contribution in [0.3, 0.4) is 0 Å². The monoisotopic (exact) mass is 699 g/mol. The van der Waals surface area contributed by atoms with Gasteiger partial charge in [-0.15, -0.1) is 0 Å². The van der Waals surface area contributed by atoms with Crippen molar-refractivity contribution in [2.45, 2.75) is 0 Å². The Morgan fingerprint density at radius 2 is 0.909 bits per heavy atom. The van der Waals surface area contributed by atoms with E-state index in [1.807, 2.05) is 24.3 Å². The van der Waals surface area contributed by atoms with E-state index in [-0.39, 0.29) is 0 Å². The zero-order valence-corrected chi connectivity index (χ0v) is 30.0. The molecule has 0 amide bonds. The van der Waals surface area contributed by atoms with Crippen molar-refractivity contribution in [2.75, 3.05) is 0 Å². The van der Waals surface area contributed by atoms with Gasteiger partial charge in [-0.2, -0.15) is 0 Å². The van der Waals surface area contributed by atoms with Crippen LogP contribution in [0, 0.1) is 0 Å². The van der Waals surface area contributed by atoms with Gasteiger partial charge < -0.3 is 4.42 Å². The number of benzene rings is 10. The zero-order valence-electron chi connectivity index (χ0n) is 31.0. The Morgan fingerprint density at radius 3 is 1.67 bits per heavy atom.